The Labute approximate surface area is 89.8 Å². The first kappa shape index (κ1) is 13.4. The van der Waals surface area contributed by atoms with Crippen LogP contribution in [0.2, 0.25) is 0 Å². The van der Waals surface area contributed by atoms with Gasteiger partial charge in [-0.05, 0) is 27.2 Å². The number of hydrogen-bond acceptors (Lipinski definition) is 3. The van der Waals surface area contributed by atoms with Gasteiger partial charge in [0.05, 0.1) is 0 Å². The van der Waals surface area contributed by atoms with Gasteiger partial charge in [-0.15, -0.1) is 11.6 Å². The van der Waals surface area contributed by atoms with Gasteiger partial charge in [-0.3, -0.25) is 4.79 Å². The standard InChI is InChI=1S/C10H17ClO3/c1-5-6-7(12)8(11)9(13)14-10(2,3)4/h8H,5-6H2,1-4H3. The van der Waals surface area contributed by atoms with Gasteiger partial charge < -0.3 is 4.74 Å². The molecule has 1 atom stereocenters. The molecule has 0 amide bonds. The van der Waals surface area contributed by atoms with E-state index in [-0.39, 0.29) is 5.78 Å². The lowest BCUT2D eigenvalue weighted by Crippen LogP contribution is -2.33. The van der Waals surface area contributed by atoms with Gasteiger partial charge in [0.15, 0.2) is 11.2 Å². The fraction of sp³-hybridized carbons (Fsp3) is 0.800. The lowest BCUT2D eigenvalue weighted by atomic mass is 10.1. The number of Topliss-reactive ketones (excluding diaryl/α,β-unsaturated/α-hetero) is 1. The molecular weight excluding hydrogens is 204 g/mol. The second-order valence-corrected chi connectivity index (χ2v) is 4.55. The smallest absolute Gasteiger partial charge is 0.332 e. The summed E-state index contributed by atoms with van der Waals surface area (Å²) in [5, 5.41) is -1.16. The summed E-state index contributed by atoms with van der Waals surface area (Å²) in [6.45, 7) is 7.06. The van der Waals surface area contributed by atoms with E-state index in [1.54, 1.807) is 20.8 Å². The van der Waals surface area contributed by atoms with Crippen molar-refractivity contribution in [3.8, 4) is 0 Å². The summed E-state index contributed by atoms with van der Waals surface area (Å²) < 4.78 is 4.98. The zero-order valence-corrected chi connectivity index (χ0v) is 9.85. The Balaban J connectivity index is 4.19. The third kappa shape index (κ3) is 5.22. The fourth-order valence-corrected chi connectivity index (χ4v) is 1.01. The van der Waals surface area contributed by atoms with Crippen LogP contribution in [0.25, 0.3) is 0 Å². The molecule has 0 aromatic heterocycles. The van der Waals surface area contributed by atoms with Crippen molar-refractivity contribution in [2.75, 3.05) is 0 Å². The van der Waals surface area contributed by atoms with Crippen molar-refractivity contribution in [2.45, 2.75) is 51.5 Å². The van der Waals surface area contributed by atoms with Gasteiger partial charge in [0.25, 0.3) is 0 Å². The Morgan fingerprint density at radius 3 is 2.21 bits per heavy atom. The number of esters is 1. The van der Waals surface area contributed by atoms with Gasteiger partial charge in [0, 0.05) is 6.42 Å². The van der Waals surface area contributed by atoms with Crippen LogP contribution in [0.15, 0.2) is 0 Å². The topological polar surface area (TPSA) is 43.4 Å². The minimum Gasteiger partial charge on any atom is -0.459 e. The molecule has 0 saturated carbocycles. The molecule has 4 heteroatoms. The number of carbonyl (C=O) groups is 2. The minimum absolute atomic E-state index is 0.275. The molecule has 3 nitrogen and oxygen atoms in total. The van der Waals surface area contributed by atoms with Gasteiger partial charge in [-0.25, -0.2) is 4.79 Å². The highest BCUT2D eigenvalue weighted by Crippen LogP contribution is 2.12. The first-order valence-corrected chi connectivity index (χ1v) is 5.11. The number of halogens is 1. The van der Waals surface area contributed by atoms with E-state index in [2.05, 4.69) is 0 Å². The van der Waals surface area contributed by atoms with Gasteiger partial charge in [0.1, 0.15) is 5.60 Å². The Morgan fingerprint density at radius 1 is 1.36 bits per heavy atom. The van der Waals surface area contributed by atoms with E-state index in [4.69, 9.17) is 16.3 Å². The zero-order chi connectivity index (χ0) is 11.4. The molecule has 82 valence electrons. The van der Waals surface area contributed by atoms with Crippen LogP contribution in [0.3, 0.4) is 0 Å². The monoisotopic (exact) mass is 220 g/mol. The average Bonchev–Trinajstić information content (AvgIpc) is 2.00. The van der Waals surface area contributed by atoms with Crippen molar-refractivity contribution < 1.29 is 14.3 Å². The van der Waals surface area contributed by atoms with Crippen LogP contribution in [0.1, 0.15) is 40.5 Å². The molecule has 0 heterocycles. The number of rotatable bonds is 4. The minimum atomic E-state index is -1.16. The predicted octanol–water partition coefficient (Wildman–Crippen LogP) is 2.30. The molecule has 0 saturated heterocycles. The third-order valence-electron chi connectivity index (χ3n) is 1.39. The predicted molar refractivity (Wildman–Crippen MR) is 55.4 cm³/mol. The van der Waals surface area contributed by atoms with Crippen LogP contribution in [0.4, 0.5) is 0 Å². The van der Waals surface area contributed by atoms with E-state index in [1.807, 2.05) is 6.92 Å². The van der Waals surface area contributed by atoms with E-state index in [9.17, 15) is 9.59 Å². The van der Waals surface area contributed by atoms with Gasteiger partial charge in [0.2, 0.25) is 0 Å². The van der Waals surface area contributed by atoms with Gasteiger partial charge >= 0.3 is 5.97 Å². The molecule has 0 fully saturated rings. The first-order chi connectivity index (χ1) is 6.28. The highest BCUT2D eigenvalue weighted by atomic mass is 35.5. The number of ether oxygens (including phenoxy) is 1. The highest BCUT2D eigenvalue weighted by molar-refractivity contribution is 6.41. The lowest BCUT2D eigenvalue weighted by molar-refractivity contribution is -0.155. The van der Waals surface area contributed by atoms with Crippen LogP contribution in [0, 0.1) is 0 Å². The highest BCUT2D eigenvalue weighted by Gasteiger charge is 2.28. The second-order valence-electron chi connectivity index (χ2n) is 4.11. The van der Waals surface area contributed by atoms with E-state index in [0.29, 0.717) is 12.8 Å². The summed E-state index contributed by atoms with van der Waals surface area (Å²) in [6.07, 6.45) is 0.998. The quantitative estimate of drug-likeness (QED) is 0.415. The number of hydrogen-bond donors (Lipinski definition) is 0. The molecule has 0 rings (SSSR count). The molecule has 0 aliphatic heterocycles. The Hall–Kier alpha value is -0.570. The Kier molecular flexibility index (Phi) is 5.13. The van der Waals surface area contributed by atoms with Crippen LogP contribution in [-0.4, -0.2) is 22.7 Å². The Morgan fingerprint density at radius 2 is 1.86 bits per heavy atom. The van der Waals surface area contributed by atoms with E-state index in [1.165, 1.54) is 0 Å². The molecule has 1 unspecified atom stereocenters. The van der Waals surface area contributed by atoms with Crippen molar-refractivity contribution in [3.63, 3.8) is 0 Å². The molecule has 0 radical (unpaired) electrons. The summed E-state index contributed by atoms with van der Waals surface area (Å²) in [4.78, 5) is 22.5. The maximum atomic E-state index is 11.3. The largest absolute Gasteiger partial charge is 0.459 e. The number of ketones is 1. The van der Waals surface area contributed by atoms with E-state index >= 15 is 0 Å². The van der Waals surface area contributed by atoms with E-state index in [0.717, 1.165) is 0 Å². The SMILES string of the molecule is CCCC(=O)C(Cl)C(=O)OC(C)(C)C. The maximum absolute atomic E-state index is 11.3. The van der Waals surface area contributed by atoms with Crippen molar-refractivity contribution in [3.05, 3.63) is 0 Å². The van der Waals surface area contributed by atoms with Crippen LogP contribution in [-0.2, 0) is 14.3 Å². The summed E-state index contributed by atoms with van der Waals surface area (Å²) in [7, 11) is 0. The van der Waals surface area contributed by atoms with Crippen molar-refractivity contribution in [1.82, 2.24) is 0 Å². The summed E-state index contributed by atoms with van der Waals surface area (Å²) in [5.74, 6) is -0.930. The second kappa shape index (κ2) is 5.35. The number of carbonyl (C=O) groups excluding carboxylic acids is 2. The molecule has 0 N–H and O–H groups in total. The fourth-order valence-electron chi connectivity index (χ4n) is 0.858. The van der Waals surface area contributed by atoms with Crippen molar-refractivity contribution >= 4 is 23.4 Å². The molecular formula is C10H17ClO3. The Bertz CT molecular complexity index is 218. The summed E-state index contributed by atoms with van der Waals surface area (Å²) in [6, 6.07) is 0. The van der Waals surface area contributed by atoms with Crippen molar-refractivity contribution in [2.24, 2.45) is 0 Å². The van der Waals surface area contributed by atoms with Gasteiger partial charge in [-0.2, -0.15) is 0 Å². The molecule has 14 heavy (non-hydrogen) atoms. The van der Waals surface area contributed by atoms with Gasteiger partial charge in [-0.1, -0.05) is 6.92 Å². The normalized spacial score (nSPS) is 13.5. The average molecular weight is 221 g/mol. The number of alkyl halides is 1. The molecule has 0 bridgehead atoms. The maximum Gasteiger partial charge on any atom is 0.332 e. The first-order valence-electron chi connectivity index (χ1n) is 4.67. The van der Waals surface area contributed by atoms with Crippen LogP contribution in [0.5, 0.6) is 0 Å². The van der Waals surface area contributed by atoms with E-state index < -0.39 is 16.9 Å². The van der Waals surface area contributed by atoms with Crippen LogP contribution >= 0.6 is 11.6 Å². The summed E-state index contributed by atoms with van der Waals surface area (Å²) in [5.41, 5.74) is -0.600. The lowest BCUT2D eigenvalue weighted by Gasteiger charge is -2.20. The summed E-state index contributed by atoms with van der Waals surface area (Å²) >= 11 is 5.64. The molecule has 0 aromatic rings. The van der Waals surface area contributed by atoms with Crippen molar-refractivity contribution in [1.29, 1.82) is 0 Å². The third-order valence-corrected chi connectivity index (χ3v) is 1.81. The molecule has 0 aliphatic carbocycles. The molecule has 0 spiro atoms. The van der Waals surface area contributed by atoms with Crippen LogP contribution < -0.4 is 0 Å². The molecule has 0 aromatic carbocycles. The molecule has 0 aliphatic rings. The zero-order valence-electron chi connectivity index (χ0n) is 9.09.